The second kappa shape index (κ2) is 36.2. The van der Waals surface area contributed by atoms with Gasteiger partial charge in [0.2, 0.25) is 5.91 Å². The number of hydrogen-bond acceptors (Lipinski definition) is 5. The lowest BCUT2D eigenvalue weighted by atomic mass is 10.0. The van der Waals surface area contributed by atoms with Crippen molar-refractivity contribution in [3.05, 3.63) is 24.3 Å². The van der Waals surface area contributed by atoms with Crippen LogP contribution < -0.4 is 5.32 Å². The third-order valence-electron chi connectivity index (χ3n) is 9.78. The highest BCUT2D eigenvalue weighted by Crippen LogP contribution is 2.16. The van der Waals surface area contributed by atoms with Crippen LogP contribution in [0.15, 0.2) is 24.3 Å². The van der Waals surface area contributed by atoms with E-state index in [1.54, 1.807) is 6.08 Å². The van der Waals surface area contributed by atoms with Gasteiger partial charge in [-0.25, -0.2) is 0 Å². The summed E-state index contributed by atoms with van der Waals surface area (Å²) in [6.45, 7) is 4.49. The van der Waals surface area contributed by atoms with Gasteiger partial charge in [-0.05, 0) is 25.7 Å². The largest absolute Gasteiger partial charge is 0.391 e. The van der Waals surface area contributed by atoms with Crippen molar-refractivity contribution in [2.75, 3.05) is 5.75 Å². The lowest BCUT2D eigenvalue weighted by Crippen LogP contribution is -2.50. The fraction of sp³-hybridized carbons (Fsp3) is 0.881. The van der Waals surface area contributed by atoms with Crippen molar-refractivity contribution in [2.24, 2.45) is 0 Å². The van der Waals surface area contributed by atoms with Crippen LogP contribution in [0, 0.1) is 0 Å². The molecular weight excluding hydrogens is 647 g/mol. The van der Waals surface area contributed by atoms with Crippen molar-refractivity contribution >= 4 is 16.0 Å². The van der Waals surface area contributed by atoms with E-state index in [9.17, 15) is 28.0 Å². The van der Waals surface area contributed by atoms with Crippen LogP contribution >= 0.6 is 0 Å². The van der Waals surface area contributed by atoms with Crippen LogP contribution in [0.3, 0.4) is 0 Å². The molecule has 1 amide bonds. The predicted molar refractivity (Wildman–Crippen MR) is 213 cm³/mol. The highest BCUT2D eigenvalue weighted by molar-refractivity contribution is 7.85. The summed E-state index contributed by atoms with van der Waals surface area (Å²) >= 11 is 0. The summed E-state index contributed by atoms with van der Waals surface area (Å²) in [7, 11) is -4.42. The first-order valence-electron chi connectivity index (χ1n) is 21.1. The van der Waals surface area contributed by atoms with Crippen LogP contribution in [0.2, 0.25) is 0 Å². The molecule has 0 aromatic heterocycles. The molecule has 0 rings (SSSR count). The number of carbonyl (C=O) groups is 1. The molecule has 0 heterocycles. The zero-order valence-corrected chi connectivity index (χ0v) is 33.5. The van der Waals surface area contributed by atoms with Crippen LogP contribution in [0.5, 0.6) is 0 Å². The Morgan fingerprint density at radius 3 is 1.36 bits per heavy atom. The molecule has 0 aliphatic heterocycles. The Balaban J connectivity index is 3.97. The van der Waals surface area contributed by atoms with Gasteiger partial charge >= 0.3 is 0 Å². The number of allylic oxidation sites excluding steroid dienone is 3. The van der Waals surface area contributed by atoms with Gasteiger partial charge in [0, 0.05) is 6.42 Å². The highest BCUT2D eigenvalue weighted by Gasteiger charge is 2.28. The van der Waals surface area contributed by atoms with Crippen LogP contribution in [0.1, 0.15) is 213 Å². The van der Waals surface area contributed by atoms with Gasteiger partial charge in [-0.15, -0.1) is 0 Å². The smallest absolute Gasteiger partial charge is 0.266 e. The molecule has 3 unspecified atom stereocenters. The van der Waals surface area contributed by atoms with Gasteiger partial charge in [-0.2, -0.15) is 8.42 Å². The Kier molecular flexibility index (Phi) is 35.3. The minimum Gasteiger partial charge on any atom is -0.391 e. The van der Waals surface area contributed by atoms with Crippen molar-refractivity contribution in [3.63, 3.8) is 0 Å². The third-order valence-corrected chi connectivity index (χ3v) is 10.6. The maximum Gasteiger partial charge on any atom is 0.266 e. The van der Waals surface area contributed by atoms with Crippen LogP contribution in [-0.2, 0) is 14.9 Å². The SMILES string of the molecule is CCCCCCCC/C=C\C/C=C\CC(O)C(=O)NC(CS(=O)(=O)O)C(O)CCCCCCCCCCCCCCCCCCCCCCC. The molecule has 0 fully saturated rings. The van der Waals surface area contributed by atoms with Crippen molar-refractivity contribution in [2.45, 2.75) is 231 Å². The van der Waals surface area contributed by atoms with Gasteiger partial charge in [0.15, 0.2) is 0 Å². The third kappa shape index (κ3) is 35.2. The normalized spacial score (nSPS) is 14.1. The summed E-state index contributed by atoms with van der Waals surface area (Å²) in [6, 6.07) is -1.17. The molecule has 0 aromatic carbocycles. The summed E-state index contributed by atoms with van der Waals surface area (Å²) in [4.78, 5) is 12.5. The van der Waals surface area contributed by atoms with Gasteiger partial charge in [0.1, 0.15) is 6.10 Å². The summed E-state index contributed by atoms with van der Waals surface area (Å²) in [5.41, 5.74) is 0. The lowest BCUT2D eigenvalue weighted by Gasteiger charge is -2.24. The van der Waals surface area contributed by atoms with Gasteiger partial charge in [0.25, 0.3) is 10.1 Å². The van der Waals surface area contributed by atoms with E-state index in [1.807, 2.05) is 6.08 Å². The number of aliphatic hydroxyl groups excluding tert-OH is 2. The number of nitrogens with one attached hydrogen (secondary N) is 1. The first kappa shape index (κ1) is 48.8. The van der Waals surface area contributed by atoms with Crippen LogP contribution in [0.25, 0.3) is 0 Å². The topological polar surface area (TPSA) is 124 Å². The second-order valence-corrected chi connectivity index (χ2v) is 16.3. The molecule has 7 nitrogen and oxygen atoms in total. The highest BCUT2D eigenvalue weighted by atomic mass is 32.2. The molecule has 0 spiro atoms. The maximum atomic E-state index is 12.5. The number of hydrogen-bond donors (Lipinski definition) is 4. The van der Waals surface area contributed by atoms with Gasteiger partial charge < -0.3 is 15.5 Å². The number of carbonyl (C=O) groups excluding carboxylic acids is 1. The average molecular weight is 728 g/mol. The average Bonchev–Trinajstić information content (AvgIpc) is 3.08. The monoisotopic (exact) mass is 728 g/mol. The quantitative estimate of drug-likeness (QED) is 0.0285. The summed E-state index contributed by atoms with van der Waals surface area (Å²) in [5.74, 6) is -1.54. The molecule has 50 heavy (non-hydrogen) atoms. The summed E-state index contributed by atoms with van der Waals surface area (Å²) in [5, 5.41) is 23.4. The molecule has 296 valence electrons. The zero-order chi connectivity index (χ0) is 37.0. The Bertz CT molecular complexity index is 906. The number of aliphatic hydroxyl groups is 2. The van der Waals surface area contributed by atoms with E-state index < -0.39 is 40.0 Å². The Labute approximate surface area is 309 Å². The molecule has 4 N–H and O–H groups in total. The Morgan fingerprint density at radius 1 is 0.560 bits per heavy atom. The first-order chi connectivity index (χ1) is 24.2. The number of amides is 1. The molecule has 0 bridgehead atoms. The molecule has 0 saturated carbocycles. The second-order valence-electron chi connectivity index (χ2n) is 14.8. The minimum absolute atomic E-state index is 0.0885. The predicted octanol–water partition coefficient (Wildman–Crippen LogP) is 11.3. The number of unbranched alkanes of at least 4 members (excludes halogenated alkanes) is 26. The van der Waals surface area contributed by atoms with Crippen LogP contribution in [0.4, 0.5) is 0 Å². The fourth-order valence-corrected chi connectivity index (χ4v) is 7.26. The number of rotatable bonds is 38. The Hall–Kier alpha value is -1.22. The van der Waals surface area contributed by atoms with Crippen LogP contribution in [-0.4, -0.2) is 53.1 Å². The van der Waals surface area contributed by atoms with E-state index in [4.69, 9.17) is 0 Å². The van der Waals surface area contributed by atoms with Gasteiger partial charge in [0.05, 0.1) is 17.9 Å². The zero-order valence-electron chi connectivity index (χ0n) is 32.6. The molecular formula is C42H81NO6S. The molecule has 3 atom stereocenters. The van der Waals surface area contributed by atoms with E-state index >= 15 is 0 Å². The van der Waals surface area contributed by atoms with Crippen molar-refractivity contribution < 1.29 is 28.0 Å². The first-order valence-corrected chi connectivity index (χ1v) is 22.7. The van der Waals surface area contributed by atoms with Gasteiger partial charge in [-0.1, -0.05) is 205 Å². The Morgan fingerprint density at radius 2 is 0.940 bits per heavy atom. The molecule has 0 saturated heterocycles. The standard InChI is InChI=1S/C42H81NO6S/c1-3-5-7-9-11-13-15-17-18-19-20-21-22-23-24-25-27-28-30-32-34-36-40(44)39(38-50(47,48)49)43-42(46)41(45)37-35-33-31-29-26-16-14-12-10-8-6-4-2/h26,29,33,35,39-41,44-45H,3-25,27-28,30-32,34,36-38H2,1-2H3,(H,43,46)(H,47,48,49)/b29-26-,35-33-. The van der Waals surface area contributed by atoms with E-state index in [1.165, 1.54) is 148 Å². The van der Waals surface area contributed by atoms with E-state index in [2.05, 4.69) is 31.3 Å². The molecule has 0 radical (unpaired) electrons. The minimum atomic E-state index is -4.42. The molecule has 0 aliphatic carbocycles. The van der Waals surface area contributed by atoms with Crippen molar-refractivity contribution in [3.8, 4) is 0 Å². The summed E-state index contributed by atoms with van der Waals surface area (Å²) < 4.78 is 32.5. The molecule has 8 heteroatoms. The van der Waals surface area contributed by atoms with E-state index in [-0.39, 0.29) is 6.42 Å². The lowest BCUT2D eigenvalue weighted by molar-refractivity contribution is -0.130. The van der Waals surface area contributed by atoms with Crippen molar-refractivity contribution in [1.29, 1.82) is 0 Å². The fourth-order valence-electron chi connectivity index (χ4n) is 6.50. The summed E-state index contributed by atoms with van der Waals surface area (Å²) in [6.07, 6.45) is 42.2. The van der Waals surface area contributed by atoms with E-state index in [0.29, 0.717) is 19.3 Å². The van der Waals surface area contributed by atoms with Crippen molar-refractivity contribution in [1.82, 2.24) is 5.32 Å². The molecule has 0 aromatic rings. The van der Waals surface area contributed by atoms with Gasteiger partial charge in [-0.3, -0.25) is 9.35 Å². The van der Waals surface area contributed by atoms with E-state index in [0.717, 1.165) is 25.7 Å². The molecule has 0 aliphatic rings. The maximum absolute atomic E-state index is 12.5.